The standard InChI is InChI=1S/C24H20FNO3/c1-29-20-10-6-5-9-18(20)15-26-22(17-11-13-19(25)14-12-17)21(23(27)24(26)28)16-7-3-2-4-8-16/h2-14,22,27H,15H2,1H3. The van der Waals surface area contributed by atoms with Crippen LogP contribution in [0.25, 0.3) is 5.57 Å². The van der Waals surface area contributed by atoms with Gasteiger partial charge in [0.15, 0.2) is 5.76 Å². The number of carbonyl (C=O) groups is 1. The third kappa shape index (κ3) is 3.47. The van der Waals surface area contributed by atoms with Crippen LogP contribution in [0.5, 0.6) is 5.75 Å². The molecule has 0 spiro atoms. The zero-order valence-electron chi connectivity index (χ0n) is 15.9. The molecule has 1 unspecified atom stereocenters. The van der Waals surface area contributed by atoms with E-state index in [-0.39, 0.29) is 18.1 Å². The smallest absolute Gasteiger partial charge is 0.290 e. The van der Waals surface area contributed by atoms with Crippen LogP contribution in [0.3, 0.4) is 0 Å². The molecule has 29 heavy (non-hydrogen) atoms. The number of amides is 1. The quantitative estimate of drug-likeness (QED) is 0.676. The summed E-state index contributed by atoms with van der Waals surface area (Å²) in [5.74, 6) is -0.459. The second-order valence-corrected chi connectivity index (χ2v) is 6.83. The van der Waals surface area contributed by atoms with Crippen LogP contribution in [0.15, 0.2) is 84.6 Å². The van der Waals surface area contributed by atoms with Gasteiger partial charge in [-0.15, -0.1) is 0 Å². The lowest BCUT2D eigenvalue weighted by Gasteiger charge is -2.28. The van der Waals surface area contributed by atoms with Gasteiger partial charge in [-0.2, -0.15) is 0 Å². The van der Waals surface area contributed by atoms with E-state index in [2.05, 4.69) is 0 Å². The van der Waals surface area contributed by atoms with Crippen LogP contribution >= 0.6 is 0 Å². The predicted molar refractivity (Wildman–Crippen MR) is 109 cm³/mol. The molecular formula is C24H20FNO3. The van der Waals surface area contributed by atoms with E-state index >= 15 is 0 Å². The molecule has 4 rings (SSSR count). The van der Waals surface area contributed by atoms with E-state index in [1.54, 1.807) is 24.1 Å². The van der Waals surface area contributed by atoms with Crippen LogP contribution in [0.4, 0.5) is 4.39 Å². The number of aliphatic hydroxyl groups is 1. The Kier molecular flexibility index (Phi) is 5.04. The number of carbonyl (C=O) groups excluding carboxylic acids is 1. The van der Waals surface area contributed by atoms with E-state index in [4.69, 9.17) is 4.74 Å². The van der Waals surface area contributed by atoms with E-state index in [1.807, 2.05) is 54.6 Å². The van der Waals surface area contributed by atoms with Crippen molar-refractivity contribution in [3.63, 3.8) is 0 Å². The molecule has 4 nitrogen and oxygen atoms in total. The number of para-hydroxylation sites is 1. The van der Waals surface area contributed by atoms with E-state index in [1.165, 1.54) is 12.1 Å². The topological polar surface area (TPSA) is 49.8 Å². The second-order valence-electron chi connectivity index (χ2n) is 6.83. The van der Waals surface area contributed by atoms with E-state index in [0.29, 0.717) is 11.3 Å². The monoisotopic (exact) mass is 389 g/mol. The van der Waals surface area contributed by atoms with Crippen molar-refractivity contribution in [2.45, 2.75) is 12.6 Å². The van der Waals surface area contributed by atoms with Crippen LogP contribution in [-0.4, -0.2) is 23.0 Å². The summed E-state index contributed by atoms with van der Waals surface area (Å²) in [6.45, 7) is 0.241. The molecule has 0 saturated carbocycles. The SMILES string of the molecule is COc1ccccc1CN1C(=O)C(O)=C(c2ccccc2)C1c1ccc(F)cc1. The van der Waals surface area contributed by atoms with Crippen LogP contribution in [0.2, 0.25) is 0 Å². The van der Waals surface area contributed by atoms with Gasteiger partial charge >= 0.3 is 0 Å². The molecular weight excluding hydrogens is 369 g/mol. The fraction of sp³-hybridized carbons (Fsp3) is 0.125. The van der Waals surface area contributed by atoms with Crippen molar-refractivity contribution in [1.82, 2.24) is 4.90 Å². The summed E-state index contributed by atoms with van der Waals surface area (Å²) in [7, 11) is 1.58. The fourth-order valence-electron chi connectivity index (χ4n) is 3.74. The molecule has 1 aliphatic rings. The van der Waals surface area contributed by atoms with Gasteiger partial charge in [0.25, 0.3) is 5.91 Å². The summed E-state index contributed by atoms with van der Waals surface area (Å²) in [6, 6.07) is 22.2. The van der Waals surface area contributed by atoms with Crippen molar-refractivity contribution in [2.75, 3.05) is 7.11 Å². The Morgan fingerprint density at radius 1 is 0.966 bits per heavy atom. The molecule has 0 saturated heterocycles. The van der Waals surface area contributed by atoms with Crippen molar-refractivity contribution in [3.8, 4) is 5.75 Å². The molecule has 1 N–H and O–H groups in total. The second kappa shape index (κ2) is 7.80. The minimum Gasteiger partial charge on any atom is -0.503 e. The zero-order chi connectivity index (χ0) is 20.4. The average molecular weight is 389 g/mol. The first-order chi connectivity index (χ1) is 14.1. The lowest BCUT2D eigenvalue weighted by molar-refractivity contribution is -0.130. The first-order valence-corrected chi connectivity index (χ1v) is 9.27. The summed E-state index contributed by atoms with van der Waals surface area (Å²) < 4.78 is 19.0. The number of hydrogen-bond donors (Lipinski definition) is 1. The van der Waals surface area contributed by atoms with Crippen molar-refractivity contribution in [3.05, 3.63) is 107 Å². The number of nitrogens with zero attached hydrogens (tertiary/aromatic N) is 1. The molecule has 146 valence electrons. The summed E-state index contributed by atoms with van der Waals surface area (Å²) >= 11 is 0. The largest absolute Gasteiger partial charge is 0.503 e. The first-order valence-electron chi connectivity index (χ1n) is 9.27. The van der Waals surface area contributed by atoms with E-state index in [0.717, 1.165) is 16.7 Å². The fourth-order valence-corrected chi connectivity index (χ4v) is 3.74. The summed E-state index contributed by atoms with van der Waals surface area (Å²) in [5, 5.41) is 10.8. The zero-order valence-corrected chi connectivity index (χ0v) is 15.9. The third-order valence-electron chi connectivity index (χ3n) is 5.11. The van der Waals surface area contributed by atoms with Crippen molar-refractivity contribution >= 4 is 11.5 Å². The molecule has 0 radical (unpaired) electrons. The molecule has 1 atom stereocenters. The molecule has 1 aliphatic heterocycles. The van der Waals surface area contributed by atoms with Gasteiger partial charge in [0.05, 0.1) is 19.7 Å². The van der Waals surface area contributed by atoms with Crippen LogP contribution < -0.4 is 4.74 Å². The minimum atomic E-state index is -0.546. The van der Waals surface area contributed by atoms with Crippen LogP contribution in [-0.2, 0) is 11.3 Å². The maximum atomic E-state index is 13.5. The summed E-state index contributed by atoms with van der Waals surface area (Å²) in [4.78, 5) is 14.6. The highest BCUT2D eigenvalue weighted by atomic mass is 19.1. The number of methoxy groups -OCH3 is 1. The number of ether oxygens (including phenoxy) is 1. The molecule has 0 bridgehead atoms. The van der Waals surface area contributed by atoms with Gasteiger partial charge in [0.1, 0.15) is 11.6 Å². The van der Waals surface area contributed by atoms with Gasteiger partial charge in [-0.1, -0.05) is 60.7 Å². The summed E-state index contributed by atoms with van der Waals surface area (Å²) in [6.07, 6.45) is 0. The molecule has 5 heteroatoms. The molecule has 1 heterocycles. The number of halogens is 1. The van der Waals surface area contributed by atoms with Gasteiger partial charge in [-0.25, -0.2) is 4.39 Å². The molecule has 1 amide bonds. The van der Waals surface area contributed by atoms with Crippen LogP contribution in [0, 0.1) is 5.82 Å². The number of aliphatic hydroxyl groups excluding tert-OH is 1. The van der Waals surface area contributed by atoms with Crippen LogP contribution in [0.1, 0.15) is 22.7 Å². The number of benzene rings is 3. The Hall–Kier alpha value is -3.60. The van der Waals surface area contributed by atoms with Crippen molar-refractivity contribution in [1.29, 1.82) is 0 Å². The maximum absolute atomic E-state index is 13.5. The Morgan fingerprint density at radius 2 is 1.62 bits per heavy atom. The molecule has 3 aromatic carbocycles. The van der Waals surface area contributed by atoms with Gasteiger partial charge < -0.3 is 14.7 Å². The summed E-state index contributed by atoms with van der Waals surface area (Å²) in [5.41, 5.74) is 2.79. The van der Waals surface area contributed by atoms with Crippen molar-refractivity contribution in [2.24, 2.45) is 0 Å². The molecule has 0 fully saturated rings. The molecule has 0 aliphatic carbocycles. The molecule has 3 aromatic rings. The molecule has 0 aromatic heterocycles. The van der Waals surface area contributed by atoms with Gasteiger partial charge in [0.2, 0.25) is 0 Å². The predicted octanol–water partition coefficient (Wildman–Crippen LogP) is 4.89. The number of hydrogen-bond acceptors (Lipinski definition) is 3. The Bertz CT molecular complexity index is 1060. The normalized spacial score (nSPS) is 16.4. The van der Waals surface area contributed by atoms with E-state index in [9.17, 15) is 14.3 Å². The highest BCUT2D eigenvalue weighted by Gasteiger charge is 2.41. The Balaban J connectivity index is 1.82. The van der Waals surface area contributed by atoms with Gasteiger partial charge in [0, 0.05) is 11.1 Å². The lowest BCUT2D eigenvalue weighted by Crippen LogP contribution is -2.30. The van der Waals surface area contributed by atoms with Crippen molar-refractivity contribution < 1.29 is 19.0 Å². The van der Waals surface area contributed by atoms with Gasteiger partial charge in [-0.3, -0.25) is 4.79 Å². The Labute approximate surface area is 168 Å². The Morgan fingerprint density at radius 3 is 2.31 bits per heavy atom. The average Bonchev–Trinajstić information content (AvgIpc) is 3.00. The van der Waals surface area contributed by atoms with Gasteiger partial charge in [-0.05, 0) is 29.3 Å². The number of rotatable bonds is 5. The minimum absolute atomic E-state index is 0.241. The van der Waals surface area contributed by atoms with E-state index < -0.39 is 11.9 Å². The highest BCUT2D eigenvalue weighted by Crippen LogP contribution is 2.44. The lowest BCUT2D eigenvalue weighted by atomic mass is 9.93. The maximum Gasteiger partial charge on any atom is 0.290 e. The third-order valence-corrected chi connectivity index (χ3v) is 5.11. The highest BCUT2D eigenvalue weighted by molar-refractivity contribution is 6.05. The first kappa shape index (κ1) is 18.7.